The van der Waals surface area contributed by atoms with Gasteiger partial charge in [0.2, 0.25) is 0 Å². The smallest absolute Gasteiger partial charge is 0.252 e. The number of carbonyl (C=O) groups excluding carboxylic acids is 1. The number of amides is 1. The van der Waals surface area contributed by atoms with Crippen molar-refractivity contribution in [3.05, 3.63) is 34.1 Å². The van der Waals surface area contributed by atoms with Crippen LogP contribution in [0.2, 0.25) is 0 Å². The van der Waals surface area contributed by atoms with E-state index in [-0.39, 0.29) is 17.8 Å². The van der Waals surface area contributed by atoms with Crippen LogP contribution in [-0.4, -0.2) is 25.2 Å². The Morgan fingerprint density at radius 3 is 3.00 bits per heavy atom. The third-order valence-corrected chi connectivity index (χ3v) is 3.86. The van der Waals surface area contributed by atoms with Gasteiger partial charge in [0.25, 0.3) is 5.91 Å². The van der Waals surface area contributed by atoms with Crippen LogP contribution < -0.4 is 5.32 Å². The minimum absolute atomic E-state index is 0.192. The average molecular weight is 330 g/mol. The standard InChI is InChI=1S/C14H17BrFNO2/c15-13-9-10(16)4-5-12(13)14(18)17-7-6-11-3-1-2-8-19-11/h4-5,9,11H,1-3,6-8H2,(H,17,18). The van der Waals surface area contributed by atoms with Gasteiger partial charge >= 0.3 is 0 Å². The first-order chi connectivity index (χ1) is 9.16. The lowest BCUT2D eigenvalue weighted by molar-refractivity contribution is 0.0117. The Morgan fingerprint density at radius 1 is 1.47 bits per heavy atom. The average Bonchev–Trinajstić information content (AvgIpc) is 2.39. The molecule has 0 radical (unpaired) electrons. The van der Waals surface area contributed by atoms with Crippen molar-refractivity contribution in [3.8, 4) is 0 Å². The predicted molar refractivity (Wildman–Crippen MR) is 74.6 cm³/mol. The molecule has 1 fully saturated rings. The van der Waals surface area contributed by atoms with Crippen molar-refractivity contribution in [1.29, 1.82) is 0 Å². The first-order valence-electron chi connectivity index (χ1n) is 6.51. The Labute approximate surface area is 120 Å². The maximum Gasteiger partial charge on any atom is 0.252 e. The van der Waals surface area contributed by atoms with E-state index < -0.39 is 0 Å². The molecule has 1 atom stereocenters. The fraction of sp³-hybridized carbons (Fsp3) is 0.500. The molecule has 0 aliphatic carbocycles. The molecule has 1 aromatic rings. The summed E-state index contributed by atoms with van der Waals surface area (Å²) in [7, 11) is 0. The molecule has 0 spiro atoms. The van der Waals surface area contributed by atoms with Crippen molar-refractivity contribution in [2.24, 2.45) is 0 Å². The number of ether oxygens (including phenoxy) is 1. The molecule has 3 nitrogen and oxygen atoms in total. The molecule has 1 heterocycles. The van der Waals surface area contributed by atoms with Gasteiger partial charge in [-0.25, -0.2) is 4.39 Å². The van der Waals surface area contributed by atoms with E-state index >= 15 is 0 Å². The van der Waals surface area contributed by atoms with Crippen LogP contribution in [0, 0.1) is 5.82 Å². The second kappa shape index (κ2) is 7.01. The molecule has 5 heteroatoms. The van der Waals surface area contributed by atoms with Crippen LogP contribution in [0.25, 0.3) is 0 Å². The van der Waals surface area contributed by atoms with E-state index in [0.29, 0.717) is 16.6 Å². The van der Waals surface area contributed by atoms with Crippen LogP contribution >= 0.6 is 15.9 Å². The molecule has 0 saturated carbocycles. The van der Waals surface area contributed by atoms with Gasteiger partial charge in [-0.3, -0.25) is 4.79 Å². The van der Waals surface area contributed by atoms with E-state index in [1.54, 1.807) is 0 Å². The van der Waals surface area contributed by atoms with Crippen molar-refractivity contribution in [3.63, 3.8) is 0 Å². The molecular formula is C14H17BrFNO2. The quantitative estimate of drug-likeness (QED) is 0.920. The van der Waals surface area contributed by atoms with Gasteiger partial charge < -0.3 is 10.1 Å². The highest BCUT2D eigenvalue weighted by Crippen LogP contribution is 2.18. The Kier molecular flexibility index (Phi) is 5.34. The summed E-state index contributed by atoms with van der Waals surface area (Å²) < 4.78 is 19.0. The molecule has 19 heavy (non-hydrogen) atoms. The maximum absolute atomic E-state index is 12.9. The van der Waals surface area contributed by atoms with Crippen molar-refractivity contribution in [1.82, 2.24) is 5.32 Å². The number of hydrogen-bond acceptors (Lipinski definition) is 2. The Balaban J connectivity index is 1.80. The van der Waals surface area contributed by atoms with Gasteiger partial charge in [0, 0.05) is 17.6 Å². The number of hydrogen-bond donors (Lipinski definition) is 1. The summed E-state index contributed by atoms with van der Waals surface area (Å²) in [6.07, 6.45) is 4.47. The molecule has 1 aromatic carbocycles. The van der Waals surface area contributed by atoms with Gasteiger partial charge in [-0.05, 0) is 59.8 Å². The number of benzene rings is 1. The summed E-state index contributed by atoms with van der Waals surface area (Å²) in [5, 5.41) is 2.84. The molecule has 1 unspecified atom stereocenters. The van der Waals surface area contributed by atoms with E-state index in [1.807, 2.05) is 0 Å². The van der Waals surface area contributed by atoms with Crippen molar-refractivity contribution < 1.29 is 13.9 Å². The van der Waals surface area contributed by atoms with Crippen LogP contribution in [-0.2, 0) is 4.74 Å². The maximum atomic E-state index is 12.9. The van der Waals surface area contributed by atoms with Gasteiger partial charge in [-0.1, -0.05) is 0 Å². The molecule has 0 aromatic heterocycles. The number of rotatable bonds is 4. The summed E-state index contributed by atoms with van der Waals surface area (Å²) in [5.41, 5.74) is 0.450. The van der Waals surface area contributed by atoms with E-state index in [4.69, 9.17) is 4.74 Å². The van der Waals surface area contributed by atoms with Crippen LogP contribution in [0.1, 0.15) is 36.0 Å². The Bertz CT molecular complexity index is 447. The summed E-state index contributed by atoms with van der Waals surface area (Å²) in [6.45, 7) is 1.40. The van der Waals surface area contributed by atoms with Crippen LogP contribution in [0.3, 0.4) is 0 Å². The zero-order valence-corrected chi connectivity index (χ0v) is 12.2. The number of carbonyl (C=O) groups is 1. The molecule has 1 amide bonds. The zero-order chi connectivity index (χ0) is 13.7. The van der Waals surface area contributed by atoms with Gasteiger partial charge in [0.05, 0.1) is 11.7 Å². The number of halogens is 2. The molecule has 0 bridgehead atoms. The first-order valence-corrected chi connectivity index (χ1v) is 7.31. The SMILES string of the molecule is O=C(NCCC1CCCCO1)c1ccc(F)cc1Br. The van der Waals surface area contributed by atoms with Crippen molar-refractivity contribution in [2.45, 2.75) is 31.8 Å². The Hall–Kier alpha value is -0.940. The lowest BCUT2D eigenvalue weighted by Gasteiger charge is -2.22. The predicted octanol–water partition coefficient (Wildman–Crippen LogP) is 3.28. The monoisotopic (exact) mass is 329 g/mol. The highest BCUT2D eigenvalue weighted by Gasteiger charge is 2.15. The van der Waals surface area contributed by atoms with Crippen molar-refractivity contribution >= 4 is 21.8 Å². The highest BCUT2D eigenvalue weighted by atomic mass is 79.9. The number of nitrogens with one attached hydrogen (secondary N) is 1. The second-order valence-corrected chi connectivity index (χ2v) is 5.51. The fourth-order valence-electron chi connectivity index (χ4n) is 2.15. The van der Waals surface area contributed by atoms with E-state index in [9.17, 15) is 9.18 Å². The summed E-state index contributed by atoms with van der Waals surface area (Å²) in [6, 6.07) is 4.05. The summed E-state index contributed by atoms with van der Waals surface area (Å²) >= 11 is 3.19. The van der Waals surface area contributed by atoms with E-state index in [2.05, 4.69) is 21.2 Å². The fourth-order valence-corrected chi connectivity index (χ4v) is 2.68. The molecular weight excluding hydrogens is 313 g/mol. The van der Waals surface area contributed by atoms with Gasteiger partial charge in [0.15, 0.2) is 0 Å². The molecule has 1 saturated heterocycles. The lowest BCUT2D eigenvalue weighted by atomic mass is 10.1. The third kappa shape index (κ3) is 4.28. The van der Waals surface area contributed by atoms with Gasteiger partial charge in [-0.2, -0.15) is 0 Å². The minimum Gasteiger partial charge on any atom is -0.378 e. The molecule has 1 aliphatic heterocycles. The largest absolute Gasteiger partial charge is 0.378 e. The molecule has 1 aliphatic rings. The third-order valence-electron chi connectivity index (χ3n) is 3.20. The summed E-state index contributed by atoms with van der Waals surface area (Å²) in [5.74, 6) is -0.554. The molecule has 2 rings (SSSR count). The Morgan fingerprint density at radius 2 is 2.32 bits per heavy atom. The topological polar surface area (TPSA) is 38.3 Å². The van der Waals surface area contributed by atoms with Crippen LogP contribution in [0.15, 0.2) is 22.7 Å². The van der Waals surface area contributed by atoms with Gasteiger partial charge in [0.1, 0.15) is 5.82 Å². The first kappa shape index (κ1) is 14.5. The van der Waals surface area contributed by atoms with Crippen LogP contribution in [0.4, 0.5) is 4.39 Å². The van der Waals surface area contributed by atoms with Crippen molar-refractivity contribution in [2.75, 3.05) is 13.2 Å². The second-order valence-electron chi connectivity index (χ2n) is 4.66. The highest BCUT2D eigenvalue weighted by molar-refractivity contribution is 9.10. The lowest BCUT2D eigenvalue weighted by Crippen LogP contribution is -2.29. The van der Waals surface area contributed by atoms with E-state index in [0.717, 1.165) is 25.9 Å². The van der Waals surface area contributed by atoms with E-state index in [1.165, 1.54) is 24.6 Å². The molecule has 104 valence electrons. The molecule has 1 N–H and O–H groups in total. The van der Waals surface area contributed by atoms with Gasteiger partial charge in [-0.15, -0.1) is 0 Å². The van der Waals surface area contributed by atoms with Crippen LogP contribution in [0.5, 0.6) is 0 Å². The zero-order valence-electron chi connectivity index (χ0n) is 10.6. The summed E-state index contributed by atoms with van der Waals surface area (Å²) in [4.78, 5) is 11.9. The normalized spacial score (nSPS) is 19.2. The minimum atomic E-state index is -0.362.